The number of allylic oxidation sites excluding steroid dienone is 1. The first-order valence-electron chi connectivity index (χ1n) is 8.57. The van der Waals surface area contributed by atoms with E-state index in [1.165, 1.54) is 0 Å². The van der Waals surface area contributed by atoms with E-state index in [4.69, 9.17) is 0 Å². The van der Waals surface area contributed by atoms with Gasteiger partial charge < -0.3 is 10.2 Å². The molecule has 5 aliphatic rings. The van der Waals surface area contributed by atoms with E-state index in [0.717, 1.165) is 25.7 Å². The van der Waals surface area contributed by atoms with Crippen LogP contribution in [0, 0.1) is 41.4 Å². The number of aliphatic hydroxyl groups excluding tert-OH is 1. The minimum Gasteiger partial charge on any atom is -0.392 e. The topological polar surface area (TPSA) is 40.5 Å². The molecule has 2 nitrogen and oxygen atoms in total. The second-order valence-corrected chi connectivity index (χ2v) is 8.26. The Balaban J connectivity index is 1.90. The lowest BCUT2D eigenvalue weighted by molar-refractivity contribution is -0.248. The monoisotopic (exact) mass is 276 g/mol. The molecule has 0 aliphatic heterocycles. The van der Waals surface area contributed by atoms with E-state index in [0.29, 0.717) is 35.5 Å². The smallest absolute Gasteiger partial charge is 0.0771 e. The Kier molecular flexibility index (Phi) is 2.74. The fourth-order valence-corrected chi connectivity index (χ4v) is 6.66. The maximum absolute atomic E-state index is 11.5. The first kappa shape index (κ1) is 13.3. The number of hydrogen-bond acceptors (Lipinski definition) is 2. The van der Waals surface area contributed by atoms with E-state index in [9.17, 15) is 10.2 Å². The van der Waals surface area contributed by atoms with Crippen LogP contribution in [-0.4, -0.2) is 21.9 Å². The fourth-order valence-electron chi connectivity index (χ4n) is 6.66. The normalized spacial score (nSPS) is 56.9. The summed E-state index contributed by atoms with van der Waals surface area (Å²) >= 11 is 0. The first-order valence-corrected chi connectivity index (χ1v) is 8.57. The van der Waals surface area contributed by atoms with E-state index < -0.39 is 5.60 Å². The maximum atomic E-state index is 11.5. The molecule has 2 heteroatoms. The van der Waals surface area contributed by atoms with Gasteiger partial charge in [-0.25, -0.2) is 0 Å². The van der Waals surface area contributed by atoms with Crippen molar-refractivity contribution < 1.29 is 10.2 Å². The molecule has 4 fully saturated rings. The van der Waals surface area contributed by atoms with E-state index >= 15 is 0 Å². The molecule has 5 rings (SSSR count). The highest BCUT2D eigenvalue weighted by Gasteiger charge is 2.68. The standard InChI is InChI=1S/C18H28O2/c1-9(2)14-12-7-8-18(20)15-11(5-4-6-13(12)15)10(3)17(19)16(14)18/h6,9-12,14-17,19-20H,4-5,7-8H2,1-3H3/t10-,11-,12+,14+,15+,16?,17+,18+/m0/s1. The zero-order chi connectivity index (χ0) is 14.2. The Labute approximate surface area is 122 Å². The predicted molar refractivity (Wildman–Crippen MR) is 79.0 cm³/mol. The zero-order valence-corrected chi connectivity index (χ0v) is 12.9. The number of aliphatic hydroxyl groups is 2. The van der Waals surface area contributed by atoms with Gasteiger partial charge >= 0.3 is 0 Å². The van der Waals surface area contributed by atoms with E-state index in [1.807, 2.05) is 0 Å². The first-order chi connectivity index (χ1) is 9.47. The van der Waals surface area contributed by atoms with Crippen LogP contribution >= 0.6 is 0 Å². The van der Waals surface area contributed by atoms with Gasteiger partial charge in [-0.15, -0.1) is 0 Å². The molecule has 0 aromatic rings. The molecule has 8 atom stereocenters. The summed E-state index contributed by atoms with van der Waals surface area (Å²) in [7, 11) is 0. The van der Waals surface area contributed by atoms with Gasteiger partial charge in [-0.2, -0.15) is 0 Å². The van der Waals surface area contributed by atoms with E-state index in [-0.39, 0.29) is 12.0 Å². The number of fused-ring (bicyclic) bond motifs is 1. The van der Waals surface area contributed by atoms with Crippen molar-refractivity contribution in [1.29, 1.82) is 0 Å². The van der Waals surface area contributed by atoms with Crippen LogP contribution in [0.5, 0.6) is 0 Å². The molecule has 5 aliphatic carbocycles. The molecular formula is C18H28O2. The molecule has 20 heavy (non-hydrogen) atoms. The van der Waals surface area contributed by atoms with Crippen LogP contribution < -0.4 is 0 Å². The second kappa shape index (κ2) is 4.10. The van der Waals surface area contributed by atoms with Gasteiger partial charge in [0.1, 0.15) is 0 Å². The molecule has 0 aromatic carbocycles. The summed E-state index contributed by atoms with van der Waals surface area (Å²) in [6.07, 6.45) is 6.48. The van der Waals surface area contributed by atoms with Crippen molar-refractivity contribution in [2.24, 2.45) is 41.4 Å². The molecule has 0 heterocycles. The Hall–Kier alpha value is -0.340. The van der Waals surface area contributed by atoms with Crippen LogP contribution in [0.3, 0.4) is 0 Å². The highest BCUT2D eigenvalue weighted by atomic mass is 16.3. The Morgan fingerprint density at radius 3 is 2.75 bits per heavy atom. The lowest BCUT2D eigenvalue weighted by Gasteiger charge is -2.68. The van der Waals surface area contributed by atoms with E-state index in [1.54, 1.807) is 5.57 Å². The molecule has 4 bridgehead atoms. The highest BCUT2D eigenvalue weighted by molar-refractivity contribution is 5.33. The summed E-state index contributed by atoms with van der Waals surface area (Å²) in [6.45, 7) is 6.77. The van der Waals surface area contributed by atoms with Crippen molar-refractivity contribution >= 4 is 0 Å². The third kappa shape index (κ3) is 1.38. The second-order valence-electron chi connectivity index (χ2n) is 8.26. The molecular weight excluding hydrogens is 248 g/mol. The number of rotatable bonds is 1. The minimum atomic E-state index is -0.619. The quantitative estimate of drug-likeness (QED) is 0.723. The number of hydrogen-bond donors (Lipinski definition) is 2. The van der Waals surface area contributed by atoms with Crippen LogP contribution in [0.25, 0.3) is 0 Å². The summed E-state index contributed by atoms with van der Waals surface area (Å²) in [5.41, 5.74) is 0.954. The molecule has 0 aromatic heterocycles. The maximum Gasteiger partial charge on any atom is 0.0771 e. The minimum absolute atomic E-state index is 0.104. The average molecular weight is 276 g/mol. The lowest BCUT2D eigenvalue weighted by atomic mass is 9.39. The van der Waals surface area contributed by atoms with Gasteiger partial charge in [0.2, 0.25) is 0 Å². The van der Waals surface area contributed by atoms with Gasteiger partial charge in [-0.1, -0.05) is 32.4 Å². The Bertz CT molecular complexity index is 454. The van der Waals surface area contributed by atoms with Crippen LogP contribution in [0.1, 0.15) is 46.5 Å². The van der Waals surface area contributed by atoms with E-state index in [2.05, 4.69) is 26.8 Å². The van der Waals surface area contributed by atoms with Crippen molar-refractivity contribution in [3.8, 4) is 0 Å². The summed E-state index contributed by atoms with van der Waals surface area (Å²) in [5, 5.41) is 22.4. The Morgan fingerprint density at radius 1 is 1.30 bits per heavy atom. The van der Waals surface area contributed by atoms with Gasteiger partial charge in [0.15, 0.2) is 0 Å². The molecule has 1 unspecified atom stereocenters. The third-order valence-electron chi connectivity index (χ3n) is 7.30. The zero-order valence-electron chi connectivity index (χ0n) is 12.9. The van der Waals surface area contributed by atoms with Crippen LogP contribution in [0.2, 0.25) is 0 Å². The summed E-state index contributed by atoms with van der Waals surface area (Å²) in [6, 6.07) is 0. The third-order valence-corrected chi connectivity index (χ3v) is 7.30. The molecule has 0 saturated heterocycles. The molecule has 0 spiro atoms. The van der Waals surface area contributed by atoms with Crippen molar-refractivity contribution in [1.82, 2.24) is 0 Å². The molecule has 0 radical (unpaired) electrons. The van der Waals surface area contributed by atoms with Crippen molar-refractivity contribution in [2.45, 2.75) is 58.2 Å². The molecule has 0 amide bonds. The van der Waals surface area contributed by atoms with Crippen molar-refractivity contribution in [3.63, 3.8) is 0 Å². The van der Waals surface area contributed by atoms with Crippen LogP contribution in [-0.2, 0) is 0 Å². The largest absolute Gasteiger partial charge is 0.392 e. The fraction of sp³-hybridized carbons (Fsp3) is 0.889. The average Bonchev–Trinajstić information content (AvgIpc) is 2.43. The van der Waals surface area contributed by atoms with Crippen LogP contribution in [0.4, 0.5) is 0 Å². The van der Waals surface area contributed by atoms with Crippen molar-refractivity contribution in [2.75, 3.05) is 0 Å². The lowest BCUT2D eigenvalue weighted by Crippen LogP contribution is -2.71. The van der Waals surface area contributed by atoms with Crippen LogP contribution in [0.15, 0.2) is 11.6 Å². The Morgan fingerprint density at radius 2 is 2.05 bits per heavy atom. The SMILES string of the molecule is CC(C)[C@H]1C2[C@H](O)[C@@H](C)[C@@H]3CCC=C4[C@H]1CC[C@@]2(O)[C@@H]43. The highest BCUT2D eigenvalue weighted by Crippen LogP contribution is 2.67. The molecule has 4 saturated carbocycles. The molecule has 112 valence electrons. The predicted octanol–water partition coefficient (Wildman–Crippen LogP) is 2.99. The van der Waals surface area contributed by atoms with Crippen molar-refractivity contribution in [3.05, 3.63) is 11.6 Å². The van der Waals surface area contributed by atoms with Gasteiger partial charge in [0.05, 0.1) is 11.7 Å². The van der Waals surface area contributed by atoms with Gasteiger partial charge in [0, 0.05) is 11.8 Å². The van der Waals surface area contributed by atoms with Gasteiger partial charge in [-0.3, -0.25) is 0 Å². The summed E-state index contributed by atoms with van der Waals surface area (Å²) < 4.78 is 0. The summed E-state index contributed by atoms with van der Waals surface area (Å²) in [5.74, 6) is 2.94. The van der Waals surface area contributed by atoms with Gasteiger partial charge in [-0.05, 0) is 55.3 Å². The molecule has 2 N–H and O–H groups in total. The summed E-state index contributed by atoms with van der Waals surface area (Å²) in [4.78, 5) is 0. The van der Waals surface area contributed by atoms with Gasteiger partial charge in [0.25, 0.3) is 0 Å².